The SMILES string of the molecule is O=C(NS(=O)c1ccccc1-c1ccccc1)c1cc2c(C(F)(F)F)cc(C3CC3)cc2o1. The average molecular weight is 469 g/mol. The van der Waals surface area contributed by atoms with E-state index in [1.807, 2.05) is 30.3 Å². The fourth-order valence-corrected chi connectivity index (χ4v) is 4.80. The minimum atomic E-state index is -4.59. The number of hydrogen-bond acceptors (Lipinski definition) is 3. The molecule has 4 nitrogen and oxygen atoms in total. The maximum atomic E-state index is 13.6. The minimum absolute atomic E-state index is 0.00709. The van der Waals surface area contributed by atoms with E-state index in [1.54, 1.807) is 30.3 Å². The molecule has 8 heteroatoms. The van der Waals surface area contributed by atoms with Gasteiger partial charge < -0.3 is 4.42 Å². The van der Waals surface area contributed by atoms with Crippen LogP contribution in [0.4, 0.5) is 13.2 Å². The molecule has 1 atom stereocenters. The number of carbonyl (C=O) groups is 1. The number of carbonyl (C=O) groups excluding carboxylic acids is 1. The molecule has 4 aromatic rings. The summed E-state index contributed by atoms with van der Waals surface area (Å²) in [7, 11) is -1.95. The molecular formula is C25H18F3NO3S. The summed E-state index contributed by atoms with van der Waals surface area (Å²) in [5.41, 5.74) is 1.21. The number of fused-ring (bicyclic) bond motifs is 1. The highest BCUT2D eigenvalue weighted by Crippen LogP contribution is 2.45. The number of alkyl halides is 3. The molecule has 1 amide bonds. The molecule has 0 bridgehead atoms. The number of rotatable bonds is 5. The van der Waals surface area contributed by atoms with E-state index in [9.17, 15) is 22.2 Å². The highest BCUT2D eigenvalue weighted by atomic mass is 32.2. The Morgan fingerprint density at radius 2 is 1.67 bits per heavy atom. The number of amides is 1. The quantitative estimate of drug-likeness (QED) is 0.366. The summed E-state index contributed by atoms with van der Waals surface area (Å²) < 4.78 is 61.7. The molecule has 1 aliphatic rings. The zero-order valence-electron chi connectivity index (χ0n) is 17.2. The fourth-order valence-electron chi connectivity index (χ4n) is 3.83. The normalized spacial score (nSPS) is 14.9. The van der Waals surface area contributed by atoms with Crippen molar-refractivity contribution in [3.05, 3.63) is 89.7 Å². The minimum Gasteiger partial charge on any atom is -0.451 e. The molecule has 1 fully saturated rings. The van der Waals surface area contributed by atoms with Crippen LogP contribution in [-0.2, 0) is 17.2 Å². The van der Waals surface area contributed by atoms with Crippen LogP contribution in [0.3, 0.4) is 0 Å². The largest absolute Gasteiger partial charge is 0.451 e. The number of furan rings is 1. The average Bonchev–Trinajstić information content (AvgIpc) is 3.56. The third kappa shape index (κ3) is 4.30. The van der Waals surface area contributed by atoms with Gasteiger partial charge in [-0.1, -0.05) is 48.5 Å². The van der Waals surface area contributed by atoms with Crippen LogP contribution in [0.1, 0.15) is 40.4 Å². The Morgan fingerprint density at radius 3 is 2.36 bits per heavy atom. The van der Waals surface area contributed by atoms with Crippen molar-refractivity contribution in [3.63, 3.8) is 0 Å². The van der Waals surface area contributed by atoms with Crippen molar-refractivity contribution in [2.45, 2.75) is 29.8 Å². The zero-order valence-corrected chi connectivity index (χ0v) is 18.0. The van der Waals surface area contributed by atoms with Gasteiger partial charge in [0.1, 0.15) is 5.58 Å². The van der Waals surface area contributed by atoms with Gasteiger partial charge in [0, 0.05) is 5.39 Å². The number of hydrogen-bond donors (Lipinski definition) is 1. The zero-order chi connectivity index (χ0) is 23.2. The Kier molecular flexibility index (Phi) is 5.32. The topological polar surface area (TPSA) is 59.3 Å². The molecule has 0 spiro atoms. The van der Waals surface area contributed by atoms with E-state index in [1.165, 1.54) is 0 Å². The molecule has 0 aliphatic heterocycles. The lowest BCUT2D eigenvalue weighted by atomic mass is 10.0. The Balaban J connectivity index is 1.46. The first-order valence-corrected chi connectivity index (χ1v) is 11.5. The third-order valence-corrected chi connectivity index (χ3v) is 6.72. The molecule has 1 heterocycles. The molecule has 1 saturated carbocycles. The van der Waals surface area contributed by atoms with E-state index >= 15 is 0 Å². The van der Waals surface area contributed by atoms with Crippen LogP contribution in [0.15, 0.2) is 82.1 Å². The van der Waals surface area contributed by atoms with Crippen LogP contribution in [0.5, 0.6) is 0 Å². The van der Waals surface area contributed by atoms with E-state index in [-0.39, 0.29) is 22.6 Å². The first kappa shape index (κ1) is 21.5. The smallest absolute Gasteiger partial charge is 0.417 e. The fraction of sp³-hybridized carbons (Fsp3) is 0.160. The van der Waals surface area contributed by atoms with Gasteiger partial charge in [-0.05, 0) is 59.7 Å². The van der Waals surface area contributed by atoms with Crippen LogP contribution in [0.2, 0.25) is 0 Å². The molecule has 33 heavy (non-hydrogen) atoms. The van der Waals surface area contributed by atoms with E-state index in [0.29, 0.717) is 16.0 Å². The number of nitrogens with one attached hydrogen (secondary N) is 1. The molecule has 3 aromatic carbocycles. The van der Waals surface area contributed by atoms with Gasteiger partial charge in [-0.3, -0.25) is 9.52 Å². The van der Waals surface area contributed by atoms with Gasteiger partial charge in [0.05, 0.1) is 10.5 Å². The molecule has 1 unspecified atom stereocenters. The molecule has 0 radical (unpaired) electrons. The molecule has 0 saturated heterocycles. The molecule has 1 aliphatic carbocycles. The Labute approximate surface area is 190 Å². The van der Waals surface area contributed by atoms with E-state index in [0.717, 1.165) is 30.5 Å². The predicted octanol–water partition coefficient (Wildman–Crippen LogP) is 6.45. The van der Waals surface area contributed by atoms with Gasteiger partial charge in [-0.15, -0.1) is 0 Å². The molecule has 1 aromatic heterocycles. The summed E-state index contributed by atoms with van der Waals surface area (Å²) in [5.74, 6) is -1.10. The van der Waals surface area contributed by atoms with Crippen LogP contribution < -0.4 is 4.72 Å². The maximum absolute atomic E-state index is 13.6. The van der Waals surface area contributed by atoms with Crippen molar-refractivity contribution in [1.29, 1.82) is 0 Å². The molecule has 1 N–H and O–H groups in total. The van der Waals surface area contributed by atoms with Crippen LogP contribution in [0.25, 0.3) is 22.1 Å². The predicted molar refractivity (Wildman–Crippen MR) is 119 cm³/mol. The lowest BCUT2D eigenvalue weighted by Gasteiger charge is -2.09. The third-order valence-electron chi connectivity index (χ3n) is 5.59. The number of benzene rings is 3. The van der Waals surface area contributed by atoms with Crippen LogP contribution in [-0.4, -0.2) is 10.1 Å². The molecular weight excluding hydrogens is 451 g/mol. The first-order valence-electron chi connectivity index (χ1n) is 10.3. The van der Waals surface area contributed by atoms with E-state index < -0.39 is 28.6 Å². The van der Waals surface area contributed by atoms with Gasteiger partial charge in [0.25, 0.3) is 5.91 Å². The summed E-state index contributed by atoms with van der Waals surface area (Å²) in [6.45, 7) is 0. The van der Waals surface area contributed by atoms with Gasteiger partial charge >= 0.3 is 6.18 Å². The Bertz CT molecular complexity index is 1370. The van der Waals surface area contributed by atoms with Crippen molar-refractivity contribution in [1.82, 2.24) is 4.72 Å². The molecule has 5 rings (SSSR count). The van der Waals surface area contributed by atoms with Crippen molar-refractivity contribution in [2.24, 2.45) is 0 Å². The number of halogens is 3. The maximum Gasteiger partial charge on any atom is 0.417 e. The first-order chi connectivity index (χ1) is 15.8. The second-order valence-electron chi connectivity index (χ2n) is 7.93. The van der Waals surface area contributed by atoms with E-state index in [2.05, 4.69) is 4.72 Å². The molecule has 168 valence electrons. The van der Waals surface area contributed by atoms with Gasteiger partial charge in [0.2, 0.25) is 0 Å². The summed E-state index contributed by atoms with van der Waals surface area (Å²) in [6.07, 6.45) is -2.93. The van der Waals surface area contributed by atoms with Gasteiger partial charge in [-0.25, -0.2) is 4.21 Å². The van der Waals surface area contributed by atoms with Gasteiger partial charge in [-0.2, -0.15) is 13.2 Å². The second kappa shape index (κ2) is 8.19. The lowest BCUT2D eigenvalue weighted by molar-refractivity contribution is -0.136. The van der Waals surface area contributed by atoms with E-state index in [4.69, 9.17) is 4.42 Å². The van der Waals surface area contributed by atoms with Crippen molar-refractivity contribution < 1.29 is 26.6 Å². The van der Waals surface area contributed by atoms with Crippen molar-refractivity contribution in [3.8, 4) is 11.1 Å². The second-order valence-corrected chi connectivity index (χ2v) is 9.11. The van der Waals surface area contributed by atoms with Crippen molar-refractivity contribution >= 4 is 27.9 Å². The van der Waals surface area contributed by atoms with Gasteiger partial charge in [0.15, 0.2) is 16.7 Å². The summed E-state index contributed by atoms with van der Waals surface area (Å²) in [4.78, 5) is 13.1. The van der Waals surface area contributed by atoms with Crippen LogP contribution >= 0.6 is 0 Å². The highest BCUT2D eigenvalue weighted by Gasteiger charge is 2.36. The Morgan fingerprint density at radius 1 is 0.970 bits per heavy atom. The standard InChI is InChI=1S/C25H18F3NO3S/c26-25(27,28)20-12-17(15-10-11-15)13-21-19(20)14-22(32-21)24(30)29-33(31)23-9-5-4-8-18(23)16-6-2-1-3-7-16/h1-9,12-15H,10-11H2,(H,29,30). The Hall–Kier alpha value is -3.39. The summed E-state index contributed by atoms with van der Waals surface area (Å²) in [5, 5.41) is -0.187. The monoisotopic (exact) mass is 469 g/mol. The summed E-state index contributed by atoms with van der Waals surface area (Å²) in [6, 6.07) is 19.9. The van der Waals surface area contributed by atoms with Crippen LogP contribution in [0, 0.1) is 0 Å². The summed E-state index contributed by atoms with van der Waals surface area (Å²) >= 11 is 0. The lowest BCUT2D eigenvalue weighted by Crippen LogP contribution is -2.25. The van der Waals surface area contributed by atoms with Crippen molar-refractivity contribution in [2.75, 3.05) is 0 Å². The highest BCUT2D eigenvalue weighted by molar-refractivity contribution is 7.83.